The second kappa shape index (κ2) is 23.6. The van der Waals surface area contributed by atoms with Crippen molar-refractivity contribution in [3.05, 3.63) is 23.7 Å². The number of ether oxygens (including phenoxy) is 2. The van der Waals surface area contributed by atoms with Crippen LogP contribution < -0.4 is 22.1 Å². The van der Waals surface area contributed by atoms with Crippen molar-refractivity contribution in [1.82, 2.24) is 10.6 Å². The van der Waals surface area contributed by atoms with E-state index in [0.29, 0.717) is 45.4 Å². The van der Waals surface area contributed by atoms with Gasteiger partial charge in [0, 0.05) is 24.4 Å². The van der Waals surface area contributed by atoms with Gasteiger partial charge in [-0.3, -0.25) is 4.99 Å². The molecule has 0 aromatic rings. The molecule has 0 heterocycles. The van der Waals surface area contributed by atoms with E-state index in [1.54, 1.807) is 0 Å². The monoisotopic (exact) mass is 467 g/mol. The number of aliphatic imine (C=N–C) groups is 1. The van der Waals surface area contributed by atoms with Gasteiger partial charge in [0.25, 0.3) is 0 Å². The molecule has 0 atom stereocenters. The van der Waals surface area contributed by atoms with E-state index in [1.165, 1.54) is 51.4 Å². The Morgan fingerprint density at radius 2 is 1.45 bits per heavy atom. The van der Waals surface area contributed by atoms with Crippen LogP contribution in [0.5, 0.6) is 0 Å². The Morgan fingerprint density at radius 1 is 0.848 bits per heavy atom. The largest absolute Gasteiger partial charge is 0.384 e. The Balaban J connectivity index is 4.57. The summed E-state index contributed by atoms with van der Waals surface area (Å²) < 4.78 is 10.8. The molecule has 0 unspecified atom stereocenters. The molecule has 0 saturated heterocycles. The van der Waals surface area contributed by atoms with Crippen LogP contribution in [0.15, 0.2) is 28.7 Å². The van der Waals surface area contributed by atoms with Crippen LogP contribution in [0.4, 0.5) is 0 Å². The molecule has 6 N–H and O–H groups in total. The van der Waals surface area contributed by atoms with Crippen molar-refractivity contribution < 1.29 is 9.47 Å². The maximum absolute atomic E-state index is 6.38. The fourth-order valence-electron chi connectivity index (χ4n) is 3.46. The van der Waals surface area contributed by atoms with Gasteiger partial charge in [-0.15, -0.1) is 0 Å². The lowest BCUT2D eigenvalue weighted by molar-refractivity contribution is 0.0540. The Labute approximate surface area is 203 Å². The van der Waals surface area contributed by atoms with Crippen molar-refractivity contribution in [3.63, 3.8) is 0 Å². The molecule has 0 aliphatic heterocycles. The molecule has 0 bridgehead atoms. The number of hydrogen-bond acceptors (Lipinski definition) is 6. The number of amidine groups is 1. The lowest BCUT2D eigenvalue weighted by Crippen LogP contribution is -2.28. The molecule has 0 amide bonds. The van der Waals surface area contributed by atoms with Crippen LogP contribution in [0.1, 0.15) is 91.4 Å². The zero-order valence-corrected chi connectivity index (χ0v) is 21.9. The molecule has 0 aromatic carbocycles. The molecule has 0 fully saturated rings. The third kappa shape index (κ3) is 19.6. The molecule has 0 aliphatic carbocycles. The maximum Gasteiger partial charge on any atom is 0.123 e. The van der Waals surface area contributed by atoms with Gasteiger partial charge in [0.1, 0.15) is 5.84 Å². The molecule has 0 aliphatic rings. The second-order valence-corrected chi connectivity index (χ2v) is 8.49. The lowest BCUT2D eigenvalue weighted by atomic mass is 10.0. The normalized spacial score (nSPS) is 12.5. The van der Waals surface area contributed by atoms with Crippen LogP contribution in [-0.4, -0.2) is 51.9 Å². The van der Waals surface area contributed by atoms with E-state index < -0.39 is 0 Å². The molecule has 0 saturated carbocycles. The molecule has 0 aromatic heterocycles. The van der Waals surface area contributed by atoms with Gasteiger partial charge in [0.05, 0.1) is 38.8 Å². The highest BCUT2D eigenvalue weighted by Gasteiger charge is 2.09. The van der Waals surface area contributed by atoms with E-state index in [0.717, 1.165) is 42.9 Å². The molecule has 0 rings (SSSR count). The van der Waals surface area contributed by atoms with Crippen molar-refractivity contribution in [2.75, 3.05) is 46.1 Å². The number of nitrogens with one attached hydrogen (secondary N) is 2. The third-order valence-electron chi connectivity index (χ3n) is 5.40. The van der Waals surface area contributed by atoms with E-state index in [-0.39, 0.29) is 0 Å². The predicted octanol–water partition coefficient (Wildman–Crippen LogP) is 4.59. The number of nitrogens with zero attached hydrogens (tertiary/aromatic N) is 1. The SMILES string of the molecule is C=C(NCCCCCCCC)NC(C)=C(CCCCCC)C(N)=NCCOCCOCCN. The van der Waals surface area contributed by atoms with E-state index in [1.807, 2.05) is 0 Å². The zero-order valence-electron chi connectivity index (χ0n) is 21.9. The summed E-state index contributed by atoms with van der Waals surface area (Å²) in [6.07, 6.45) is 13.4. The van der Waals surface area contributed by atoms with Crippen LogP contribution >= 0.6 is 0 Å². The van der Waals surface area contributed by atoms with E-state index in [9.17, 15) is 0 Å². The van der Waals surface area contributed by atoms with Crippen molar-refractivity contribution in [3.8, 4) is 0 Å². The fraction of sp³-hybridized carbons (Fsp3) is 0.808. The first-order valence-corrected chi connectivity index (χ1v) is 13.1. The van der Waals surface area contributed by atoms with Crippen LogP contribution in [-0.2, 0) is 9.47 Å². The van der Waals surface area contributed by atoms with Crippen LogP contribution in [0, 0.1) is 0 Å². The summed E-state index contributed by atoms with van der Waals surface area (Å²) in [6, 6.07) is 0. The summed E-state index contributed by atoms with van der Waals surface area (Å²) >= 11 is 0. The second-order valence-electron chi connectivity index (χ2n) is 8.49. The highest BCUT2D eigenvalue weighted by Crippen LogP contribution is 2.14. The highest BCUT2D eigenvalue weighted by molar-refractivity contribution is 5.97. The van der Waals surface area contributed by atoms with Crippen LogP contribution in [0.25, 0.3) is 0 Å². The quantitative estimate of drug-likeness (QED) is 0.0939. The van der Waals surface area contributed by atoms with E-state index in [2.05, 4.69) is 43.0 Å². The van der Waals surface area contributed by atoms with Crippen molar-refractivity contribution in [2.45, 2.75) is 91.4 Å². The van der Waals surface area contributed by atoms with Crippen molar-refractivity contribution >= 4 is 5.84 Å². The maximum atomic E-state index is 6.38. The Hall–Kier alpha value is -1.57. The topological polar surface area (TPSA) is 107 Å². The van der Waals surface area contributed by atoms with Gasteiger partial charge in [0.15, 0.2) is 0 Å². The number of hydrogen-bond donors (Lipinski definition) is 4. The minimum Gasteiger partial charge on any atom is -0.384 e. The minimum absolute atomic E-state index is 0.523. The van der Waals surface area contributed by atoms with E-state index >= 15 is 0 Å². The first-order chi connectivity index (χ1) is 16.1. The third-order valence-corrected chi connectivity index (χ3v) is 5.40. The van der Waals surface area contributed by atoms with Gasteiger partial charge >= 0.3 is 0 Å². The summed E-state index contributed by atoms with van der Waals surface area (Å²) in [7, 11) is 0. The molecule has 0 radical (unpaired) electrons. The summed E-state index contributed by atoms with van der Waals surface area (Å²) in [5.41, 5.74) is 13.9. The number of rotatable bonds is 24. The first-order valence-electron chi connectivity index (χ1n) is 13.1. The Bertz CT molecular complexity index is 535. The molecule has 0 spiro atoms. The molecule has 33 heavy (non-hydrogen) atoms. The van der Waals surface area contributed by atoms with Crippen molar-refractivity contribution in [2.24, 2.45) is 16.5 Å². The van der Waals surface area contributed by atoms with Crippen molar-refractivity contribution in [1.29, 1.82) is 0 Å². The molecule has 7 nitrogen and oxygen atoms in total. The predicted molar refractivity (Wildman–Crippen MR) is 142 cm³/mol. The lowest BCUT2D eigenvalue weighted by Gasteiger charge is -2.17. The van der Waals surface area contributed by atoms with Gasteiger partial charge in [-0.2, -0.15) is 0 Å². The van der Waals surface area contributed by atoms with E-state index in [4.69, 9.17) is 20.9 Å². The summed E-state index contributed by atoms with van der Waals surface area (Å²) in [4.78, 5) is 4.56. The number of nitrogens with two attached hydrogens (primary N) is 2. The van der Waals surface area contributed by atoms with Gasteiger partial charge in [-0.1, -0.05) is 71.8 Å². The van der Waals surface area contributed by atoms with Crippen LogP contribution in [0.3, 0.4) is 0 Å². The fourth-order valence-corrected chi connectivity index (χ4v) is 3.46. The molecular weight excluding hydrogens is 414 g/mol. The average Bonchev–Trinajstić information content (AvgIpc) is 2.80. The average molecular weight is 468 g/mol. The van der Waals surface area contributed by atoms with Gasteiger partial charge in [-0.25, -0.2) is 0 Å². The van der Waals surface area contributed by atoms with Gasteiger partial charge in [0.2, 0.25) is 0 Å². The summed E-state index contributed by atoms with van der Waals surface area (Å²) in [6.45, 7) is 14.8. The molecule has 194 valence electrons. The summed E-state index contributed by atoms with van der Waals surface area (Å²) in [5, 5.41) is 6.79. The molecule has 7 heteroatoms. The number of unbranched alkanes of at least 4 members (excludes halogenated alkanes) is 8. The van der Waals surface area contributed by atoms with Gasteiger partial charge in [-0.05, 0) is 26.2 Å². The molecular formula is C26H53N5O2. The Kier molecular flexibility index (Phi) is 22.5. The number of allylic oxidation sites excluding steroid dienone is 1. The minimum atomic E-state index is 0.523. The highest BCUT2D eigenvalue weighted by atomic mass is 16.5. The Morgan fingerprint density at radius 3 is 2.12 bits per heavy atom. The smallest absolute Gasteiger partial charge is 0.123 e. The zero-order chi connectivity index (χ0) is 24.6. The first kappa shape index (κ1) is 31.4. The van der Waals surface area contributed by atoms with Crippen LogP contribution in [0.2, 0.25) is 0 Å². The standard InChI is InChI=1S/C26H53N5O2/c1-5-7-9-11-12-14-17-29-24(4)31-23(3)25(15-13-10-8-6-2)26(28)30-18-20-33-22-21-32-19-16-27/h29,31H,4-22,27H2,1-3H3,(H2,28,30). The summed E-state index contributed by atoms with van der Waals surface area (Å²) in [5.74, 6) is 1.41. The van der Waals surface area contributed by atoms with Gasteiger partial charge < -0.3 is 31.6 Å².